The molecule has 27 heavy (non-hydrogen) atoms. The Labute approximate surface area is 159 Å². The molecule has 6 nitrogen and oxygen atoms in total. The maximum absolute atomic E-state index is 5.40. The Bertz CT molecular complexity index is 928. The number of aromatic nitrogens is 2. The lowest BCUT2D eigenvalue weighted by Crippen LogP contribution is -2.04. The fraction of sp³-hybridized carbons (Fsp3) is 0.238. The fourth-order valence-corrected chi connectivity index (χ4v) is 2.85. The SMILES string of the molecule is CCc1cccc(C)c1Nc1ccnc(Nc2cc(OC)ccc2OC)n1. The van der Waals surface area contributed by atoms with Crippen LogP contribution in [0.4, 0.5) is 23.1 Å². The molecular weight excluding hydrogens is 340 g/mol. The van der Waals surface area contributed by atoms with E-state index in [1.54, 1.807) is 20.4 Å². The Morgan fingerprint density at radius 3 is 2.59 bits per heavy atom. The van der Waals surface area contributed by atoms with Gasteiger partial charge in [-0.1, -0.05) is 25.1 Å². The summed E-state index contributed by atoms with van der Waals surface area (Å²) in [6.07, 6.45) is 2.66. The lowest BCUT2D eigenvalue weighted by atomic mass is 10.1. The Balaban J connectivity index is 1.87. The van der Waals surface area contributed by atoms with E-state index in [9.17, 15) is 0 Å². The zero-order valence-corrected chi connectivity index (χ0v) is 16.0. The van der Waals surface area contributed by atoms with Gasteiger partial charge in [0.15, 0.2) is 0 Å². The van der Waals surface area contributed by atoms with E-state index in [1.807, 2.05) is 24.3 Å². The van der Waals surface area contributed by atoms with Gasteiger partial charge in [-0.05, 0) is 42.7 Å². The van der Waals surface area contributed by atoms with Crippen molar-refractivity contribution in [3.63, 3.8) is 0 Å². The summed E-state index contributed by atoms with van der Waals surface area (Å²) in [5.41, 5.74) is 4.25. The van der Waals surface area contributed by atoms with Crippen molar-refractivity contribution < 1.29 is 9.47 Å². The maximum atomic E-state index is 5.40. The van der Waals surface area contributed by atoms with E-state index in [0.29, 0.717) is 11.7 Å². The molecule has 0 radical (unpaired) electrons. The zero-order valence-electron chi connectivity index (χ0n) is 16.0. The maximum Gasteiger partial charge on any atom is 0.229 e. The lowest BCUT2D eigenvalue weighted by Gasteiger charge is -2.15. The second-order valence-electron chi connectivity index (χ2n) is 6.04. The highest BCUT2D eigenvalue weighted by atomic mass is 16.5. The number of aryl methyl sites for hydroxylation is 2. The number of methoxy groups -OCH3 is 2. The van der Waals surface area contributed by atoms with E-state index in [-0.39, 0.29) is 0 Å². The molecule has 140 valence electrons. The summed E-state index contributed by atoms with van der Waals surface area (Å²) in [6, 6.07) is 13.7. The molecular formula is C21H24N4O2. The number of hydrogen-bond donors (Lipinski definition) is 2. The summed E-state index contributed by atoms with van der Waals surface area (Å²) in [4.78, 5) is 8.89. The van der Waals surface area contributed by atoms with E-state index in [4.69, 9.17) is 9.47 Å². The van der Waals surface area contributed by atoms with Crippen LogP contribution in [0.15, 0.2) is 48.7 Å². The number of para-hydroxylation sites is 1. The molecule has 0 saturated heterocycles. The highest BCUT2D eigenvalue weighted by Crippen LogP contribution is 2.31. The molecule has 2 N–H and O–H groups in total. The van der Waals surface area contributed by atoms with Gasteiger partial charge < -0.3 is 20.1 Å². The third kappa shape index (κ3) is 4.28. The number of ether oxygens (including phenoxy) is 2. The van der Waals surface area contributed by atoms with E-state index >= 15 is 0 Å². The summed E-state index contributed by atoms with van der Waals surface area (Å²) in [5, 5.41) is 6.62. The second-order valence-corrected chi connectivity index (χ2v) is 6.04. The van der Waals surface area contributed by atoms with Gasteiger partial charge in [0, 0.05) is 18.0 Å². The van der Waals surface area contributed by atoms with Crippen molar-refractivity contribution in [3.8, 4) is 11.5 Å². The molecule has 0 aliphatic heterocycles. The van der Waals surface area contributed by atoms with E-state index in [0.717, 1.165) is 29.4 Å². The largest absolute Gasteiger partial charge is 0.497 e. The van der Waals surface area contributed by atoms with Gasteiger partial charge in [0.2, 0.25) is 5.95 Å². The minimum absolute atomic E-state index is 0.471. The Morgan fingerprint density at radius 2 is 1.85 bits per heavy atom. The van der Waals surface area contributed by atoms with Crippen molar-refractivity contribution in [1.29, 1.82) is 0 Å². The zero-order chi connectivity index (χ0) is 19.2. The average molecular weight is 364 g/mol. The predicted molar refractivity (Wildman–Crippen MR) is 109 cm³/mol. The van der Waals surface area contributed by atoms with Crippen molar-refractivity contribution in [2.75, 3.05) is 24.9 Å². The molecule has 6 heteroatoms. The summed E-state index contributed by atoms with van der Waals surface area (Å²) in [6.45, 7) is 4.23. The lowest BCUT2D eigenvalue weighted by molar-refractivity contribution is 0.405. The molecule has 0 atom stereocenters. The second kappa shape index (κ2) is 8.40. The van der Waals surface area contributed by atoms with Crippen LogP contribution in [0.2, 0.25) is 0 Å². The number of nitrogens with one attached hydrogen (secondary N) is 2. The Hall–Kier alpha value is -3.28. The summed E-state index contributed by atoms with van der Waals surface area (Å²) in [5.74, 6) is 2.60. The van der Waals surface area contributed by atoms with Gasteiger partial charge in [0.05, 0.1) is 19.9 Å². The molecule has 0 fully saturated rings. The number of anilines is 4. The van der Waals surface area contributed by atoms with Gasteiger partial charge in [-0.25, -0.2) is 4.98 Å². The molecule has 0 amide bonds. The molecule has 0 saturated carbocycles. The quantitative estimate of drug-likeness (QED) is 0.624. The van der Waals surface area contributed by atoms with Crippen LogP contribution >= 0.6 is 0 Å². The summed E-state index contributed by atoms with van der Waals surface area (Å²) in [7, 11) is 3.25. The fourth-order valence-electron chi connectivity index (χ4n) is 2.85. The minimum atomic E-state index is 0.471. The first-order valence-electron chi connectivity index (χ1n) is 8.82. The van der Waals surface area contributed by atoms with Crippen LogP contribution in [0.3, 0.4) is 0 Å². The summed E-state index contributed by atoms with van der Waals surface area (Å²) < 4.78 is 10.7. The van der Waals surface area contributed by atoms with Crippen LogP contribution in [0.1, 0.15) is 18.1 Å². The van der Waals surface area contributed by atoms with E-state index in [1.165, 1.54) is 11.1 Å². The van der Waals surface area contributed by atoms with Crippen LogP contribution in [0, 0.1) is 6.92 Å². The molecule has 0 unspecified atom stereocenters. The van der Waals surface area contributed by atoms with Crippen LogP contribution in [0.5, 0.6) is 11.5 Å². The molecule has 2 aromatic carbocycles. The number of benzene rings is 2. The van der Waals surface area contributed by atoms with Crippen LogP contribution in [-0.2, 0) is 6.42 Å². The smallest absolute Gasteiger partial charge is 0.229 e. The van der Waals surface area contributed by atoms with Gasteiger partial charge >= 0.3 is 0 Å². The highest BCUT2D eigenvalue weighted by Gasteiger charge is 2.09. The van der Waals surface area contributed by atoms with Crippen LogP contribution in [0.25, 0.3) is 0 Å². The molecule has 0 aliphatic rings. The molecule has 3 rings (SSSR count). The van der Waals surface area contributed by atoms with Crippen LogP contribution < -0.4 is 20.1 Å². The van der Waals surface area contributed by atoms with Crippen molar-refractivity contribution in [1.82, 2.24) is 9.97 Å². The first kappa shape index (κ1) is 18.5. The van der Waals surface area contributed by atoms with Gasteiger partial charge in [0.25, 0.3) is 0 Å². The van der Waals surface area contributed by atoms with E-state index < -0.39 is 0 Å². The van der Waals surface area contributed by atoms with Crippen molar-refractivity contribution in [3.05, 3.63) is 59.8 Å². The Morgan fingerprint density at radius 1 is 1.00 bits per heavy atom. The van der Waals surface area contributed by atoms with Gasteiger partial charge in [0.1, 0.15) is 17.3 Å². The molecule has 0 bridgehead atoms. The average Bonchev–Trinajstić information content (AvgIpc) is 2.69. The highest BCUT2D eigenvalue weighted by molar-refractivity contribution is 5.68. The summed E-state index contributed by atoms with van der Waals surface area (Å²) >= 11 is 0. The van der Waals surface area contributed by atoms with Crippen molar-refractivity contribution in [2.45, 2.75) is 20.3 Å². The number of hydrogen-bond acceptors (Lipinski definition) is 6. The van der Waals surface area contributed by atoms with Gasteiger partial charge in [-0.3, -0.25) is 0 Å². The first-order valence-corrected chi connectivity index (χ1v) is 8.82. The number of rotatable bonds is 7. The first-order chi connectivity index (χ1) is 13.1. The minimum Gasteiger partial charge on any atom is -0.497 e. The molecule has 1 aromatic heterocycles. The predicted octanol–water partition coefficient (Wildman–Crippen LogP) is 4.85. The Kier molecular flexibility index (Phi) is 5.76. The number of nitrogens with zero attached hydrogens (tertiary/aromatic N) is 2. The molecule has 3 aromatic rings. The van der Waals surface area contributed by atoms with Crippen molar-refractivity contribution >= 4 is 23.1 Å². The van der Waals surface area contributed by atoms with Crippen molar-refractivity contribution in [2.24, 2.45) is 0 Å². The standard InChI is InChI=1S/C21H24N4O2/c1-5-15-8-6-7-14(2)20(15)24-19-11-12-22-21(25-19)23-17-13-16(26-3)9-10-18(17)27-4/h6-13H,5H2,1-4H3,(H2,22,23,24,25). The van der Waals surface area contributed by atoms with Crippen LogP contribution in [-0.4, -0.2) is 24.2 Å². The van der Waals surface area contributed by atoms with Gasteiger partial charge in [-0.2, -0.15) is 4.98 Å². The van der Waals surface area contributed by atoms with Gasteiger partial charge in [-0.15, -0.1) is 0 Å². The van der Waals surface area contributed by atoms with E-state index in [2.05, 4.69) is 52.6 Å². The third-order valence-electron chi connectivity index (χ3n) is 4.30. The third-order valence-corrected chi connectivity index (χ3v) is 4.30. The normalized spacial score (nSPS) is 10.4. The molecule has 0 aliphatic carbocycles. The molecule has 0 spiro atoms. The molecule has 1 heterocycles. The monoisotopic (exact) mass is 364 g/mol. The topological polar surface area (TPSA) is 68.3 Å².